The fourth-order valence-corrected chi connectivity index (χ4v) is 4.87. The van der Waals surface area contributed by atoms with Crippen molar-refractivity contribution in [2.45, 2.75) is 39.7 Å². The molecule has 0 saturated carbocycles. The Morgan fingerprint density at radius 3 is 2.38 bits per heavy atom. The third-order valence-electron chi connectivity index (χ3n) is 4.84. The Labute approximate surface area is 145 Å². The number of carbonyl (C=O) groups excluding carboxylic acids is 1. The third-order valence-corrected chi connectivity index (χ3v) is 6.68. The Kier molecular flexibility index (Phi) is 6.48. The van der Waals surface area contributed by atoms with Crippen LogP contribution in [0.4, 0.5) is 0 Å². The van der Waals surface area contributed by atoms with Gasteiger partial charge in [0, 0.05) is 45.7 Å². The topological polar surface area (TPSA) is 82.1 Å². The number of aliphatic imine (C=N–C) groups is 1. The first-order valence-corrected chi connectivity index (χ1v) is 10.6. The molecule has 138 valence electrons. The van der Waals surface area contributed by atoms with Crippen LogP contribution in [0.5, 0.6) is 0 Å². The lowest BCUT2D eigenvalue weighted by Gasteiger charge is -2.37. The van der Waals surface area contributed by atoms with Crippen molar-refractivity contribution in [2.75, 3.05) is 44.2 Å². The molecule has 2 fully saturated rings. The van der Waals surface area contributed by atoms with Gasteiger partial charge in [-0.2, -0.15) is 0 Å². The van der Waals surface area contributed by atoms with Crippen LogP contribution in [0.25, 0.3) is 0 Å². The van der Waals surface area contributed by atoms with Crippen molar-refractivity contribution in [3.8, 4) is 0 Å². The van der Waals surface area contributed by atoms with E-state index >= 15 is 0 Å². The Hall–Kier alpha value is -1.31. The lowest BCUT2D eigenvalue weighted by Crippen LogP contribution is -2.54. The maximum atomic E-state index is 11.6. The zero-order chi connectivity index (χ0) is 17.7. The Balaban J connectivity index is 1.99. The van der Waals surface area contributed by atoms with Crippen molar-refractivity contribution in [1.29, 1.82) is 0 Å². The van der Waals surface area contributed by atoms with Crippen LogP contribution in [0.3, 0.4) is 0 Å². The van der Waals surface area contributed by atoms with E-state index in [9.17, 15) is 13.2 Å². The summed E-state index contributed by atoms with van der Waals surface area (Å²) in [4.78, 5) is 20.2. The van der Waals surface area contributed by atoms with Crippen LogP contribution in [0.1, 0.15) is 33.6 Å². The summed E-state index contributed by atoms with van der Waals surface area (Å²) in [7, 11) is -2.86. The van der Waals surface area contributed by atoms with E-state index in [4.69, 9.17) is 4.99 Å². The average molecular weight is 359 g/mol. The molecule has 0 radical (unpaired) electrons. The molecule has 24 heavy (non-hydrogen) atoms. The minimum atomic E-state index is -2.86. The van der Waals surface area contributed by atoms with Gasteiger partial charge in [-0.3, -0.25) is 9.79 Å². The smallest absolute Gasteiger partial charge is 0.219 e. The van der Waals surface area contributed by atoms with Gasteiger partial charge in [0.25, 0.3) is 0 Å². The number of sulfone groups is 1. The predicted octanol–water partition coefficient (Wildman–Crippen LogP) is 0.329. The van der Waals surface area contributed by atoms with E-state index in [1.807, 2.05) is 4.90 Å². The SMILES string of the molecule is CCC(C)NC(=NCC1CCS(=O)(=O)C1)N1CCN(C(C)=O)CC1. The molecule has 0 aliphatic carbocycles. The second kappa shape index (κ2) is 8.18. The molecular formula is C16H30N4O3S. The second-order valence-electron chi connectivity index (χ2n) is 6.88. The molecule has 2 aliphatic heterocycles. The van der Waals surface area contributed by atoms with Crippen molar-refractivity contribution in [3.05, 3.63) is 0 Å². The van der Waals surface area contributed by atoms with Crippen LogP contribution in [-0.4, -0.2) is 80.4 Å². The van der Waals surface area contributed by atoms with Gasteiger partial charge in [-0.05, 0) is 25.7 Å². The number of piperazine rings is 1. The molecule has 8 heteroatoms. The van der Waals surface area contributed by atoms with E-state index in [-0.39, 0.29) is 17.6 Å². The fourth-order valence-electron chi connectivity index (χ4n) is 3.02. The zero-order valence-corrected chi connectivity index (χ0v) is 15.8. The summed E-state index contributed by atoms with van der Waals surface area (Å²) >= 11 is 0. The number of guanidine groups is 1. The molecule has 0 aromatic rings. The van der Waals surface area contributed by atoms with Crippen LogP contribution in [0.2, 0.25) is 0 Å². The summed E-state index contributed by atoms with van der Waals surface area (Å²) in [5.74, 6) is 1.63. The molecule has 2 atom stereocenters. The highest BCUT2D eigenvalue weighted by molar-refractivity contribution is 7.91. The van der Waals surface area contributed by atoms with Gasteiger partial charge in [0.1, 0.15) is 0 Å². The van der Waals surface area contributed by atoms with Gasteiger partial charge in [-0.1, -0.05) is 6.92 Å². The minimum absolute atomic E-state index is 0.110. The number of rotatable bonds is 4. The molecule has 2 heterocycles. The number of hydrogen-bond donors (Lipinski definition) is 1. The normalized spacial score (nSPS) is 25.6. The standard InChI is InChI=1S/C16H30N4O3S/c1-4-13(2)18-16(17-11-15-5-10-24(22,23)12-15)20-8-6-19(7-9-20)14(3)21/h13,15H,4-12H2,1-3H3,(H,17,18). The maximum Gasteiger partial charge on any atom is 0.219 e. The van der Waals surface area contributed by atoms with E-state index < -0.39 is 9.84 Å². The molecule has 2 unspecified atom stereocenters. The highest BCUT2D eigenvalue weighted by Gasteiger charge is 2.28. The first-order valence-electron chi connectivity index (χ1n) is 8.82. The average Bonchev–Trinajstić information content (AvgIpc) is 2.90. The molecule has 2 saturated heterocycles. The first kappa shape index (κ1) is 19.0. The fraction of sp³-hybridized carbons (Fsp3) is 0.875. The highest BCUT2D eigenvalue weighted by Crippen LogP contribution is 2.18. The zero-order valence-electron chi connectivity index (χ0n) is 15.0. The second-order valence-corrected chi connectivity index (χ2v) is 9.11. The van der Waals surface area contributed by atoms with E-state index in [0.29, 0.717) is 37.8 Å². The van der Waals surface area contributed by atoms with Gasteiger partial charge in [0.05, 0.1) is 11.5 Å². The predicted molar refractivity (Wildman–Crippen MR) is 95.8 cm³/mol. The van der Waals surface area contributed by atoms with Gasteiger partial charge in [0.15, 0.2) is 15.8 Å². The minimum Gasteiger partial charge on any atom is -0.354 e. The Bertz CT molecular complexity index is 568. The molecule has 1 N–H and O–H groups in total. The van der Waals surface area contributed by atoms with Crippen LogP contribution >= 0.6 is 0 Å². The lowest BCUT2D eigenvalue weighted by atomic mass is 10.1. The number of nitrogens with zero attached hydrogens (tertiary/aromatic N) is 3. The third kappa shape index (κ3) is 5.36. The quantitative estimate of drug-likeness (QED) is 0.578. The molecule has 2 aliphatic rings. The van der Waals surface area contributed by atoms with Gasteiger partial charge in [-0.25, -0.2) is 8.42 Å². The summed E-state index contributed by atoms with van der Waals surface area (Å²) in [6.45, 7) is 9.29. The van der Waals surface area contributed by atoms with E-state index in [1.54, 1.807) is 6.92 Å². The summed E-state index contributed by atoms with van der Waals surface area (Å²) in [6, 6.07) is 0.307. The lowest BCUT2D eigenvalue weighted by molar-refractivity contribution is -0.130. The molecule has 0 bridgehead atoms. The monoisotopic (exact) mass is 358 g/mol. The van der Waals surface area contributed by atoms with E-state index in [2.05, 4.69) is 24.1 Å². The number of hydrogen-bond acceptors (Lipinski definition) is 4. The molecular weight excluding hydrogens is 328 g/mol. The summed E-state index contributed by atoms with van der Waals surface area (Å²) in [5, 5.41) is 3.45. The van der Waals surface area contributed by atoms with E-state index in [1.165, 1.54) is 0 Å². The van der Waals surface area contributed by atoms with Crippen LogP contribution in [0.15, 0.2) is 4.99 Å². The molecule has 0 aromatic heterocycles. The summed E-state index contributed by atoms with van der Waals surface area (Å²) in [6.07, 6.45) is 1.70. The van der Waals surface area contributed by atoms with Crippen LogP contribution < -0.4 is 5.32 Å². The Morgan fingerprint density at radius 1 is 1.25 bits per heavy atom. The number of nitrogens with one attached hydrogen (secondary N) is 1. The van der Waals surface area contributed by atoms with E-state index in [0.717, 1.165) is 25.5 Å². The van der Waals surface area contributed by atoms with Crippen molar-refractivity contribution >= 4 is 21.7 Å². The first-order chi connectivity index (χ1) is 11.3. The van der Waals surface area contributed by atoms with Gasteiger partial charge < -0.3 is 15.1 Å². The van der Waals surface area contributed by atoms with Crippen molar-refractivity contribution in [3.63, 3.8) is 0 Å². The molecule has 0 aromatic carbocycles. The van der Waals surface area contributed by atoms with Crippen LogP contribution in [0, 0.1) is 5.92 Å². The summed E-state index contributed by atoms with van der Waals surface area (Å²) in [5.41, 5.74) is 0. The van der Waals surface area contributed by atoms with Crippen molar-refractivity contribution in [1.82, 2.24) is 15.1 Å². The largest absolute Gasteiger partial charge is 0.354 e. The molecule has 2 rings (SSSR count). The van der Waals surface area contributed by atoms with Crippen LogP contribution in [-0.2, 0) is 14.6 Å². The van der Waals surface area contributed by atoms with Crippen molar-refractivity contribution in [2.24, 2.45) is 10.9 Å². The number of amides is 1. The number of carbonyl (C=O) groups is 1. The highest BCUT2D eigenvalue weighted by atomic mass is 32.2. The summed E-state index contributed by atoms with van der Waals surface area (Å²) < 4.78 is 23.2. The molecule has 0 spiro atoms. The van der Waals surface area contributed by atoms with Gasteiger partial charge in [-0.15, -0.1) is 0 Å². The Morgan fingerprint density at radius 2 is 1.88 bits per heavy atom. The van der Waals surface area contributed by atoms with Gasteiger partial charge >= 0.3 is 0 Å². The molecule has 1 amide bonds. The van der Waals surface area contributed by atoms with Gasteiger partial charge in [0.2, 0.25) is 5.91 Å². The van der Waals surface area contributed by atoms with Crippen molar-refractivity contribution < 1.29 is 13.2 Å². The maximum absolute atomic E-state index is 11.6. The molecule has 7 nitrogen and oxygen atoms in total.